The molecule has 0 aliphatic carbocycles. The van der Waals surface area contributed by atoms with Gasteiger partial charge in [0, 0.05) is 6.54 Å². The fourth-order valence-corrected chi connectivity index (χ4v) is 1.86. The molecule has 1 aromatic rings. The predicted octanol–water partition coefficient (Wildman–Crippen LogP) is 0.826. The first-order valence-electron chi connectivity index (χ1n) is 6.51. The van der Waals surface area contributed by atoms with Crippen LogP contribution in [0.25, 0.3) is 0 Å². The minimum Gasteiger partial charge on any atom is -0.475 e. The smallest absolute Gasteiger partial charge is 0.244 e. The number of amidine groups is 1. The van der Waals surface area contributed by atoms with E-state index in [1.807, 2.05) is 32.8 Å². The van der Waals surface area contributed by atoms with Crippen molar-refractivity contribution in [3.8, 4) is 5.88 Å². The Balaban J connectivity index is 3.06. The first-order valence-corrected chi connectivity index (χ1v) is 6.51. The Morgan fingerprint density at radius 2 is 1.95 bits per heavy atom. The van der Waals surface area contributed by atoms with E-state index in [9.17, 15) is 0 Å². The third-order valence-corrected chi connectivity index (χ3v) is 2.86. The largest absolute Gasteiger partial charge is 0.475 e. The molecule has 0 saturated carbocycles. The number of nitrogens with two attached hydrogens (primary N) is 1. The van der Waals surface area contributed by atoms with E-state index in [0.717, 1.165) is 30.6 Å². The third-order valence-electron chi connectivity index (χ3n) is 2.86. The minimum atomic E-state index is -0.0127. The Morgan fingerprint density at radius 3 is 2.42 bits per heavy atom. The van der Waals surface area contributed by atoms with Gasteiger partial charge in [0.05, 0.1) is 11.3 Å². The maximum atomic E-state index is 7.73. The van der Waals surface area contributed by atoms with Gasteiger partial charge in [0.1, 0.15) is 12.4 Å². The summed E-state index contributed by atoms with van der Waals surface area (Å²) in [6, 6.07) is 0. The van der Waals surface area contributed by atoms with E-state index in [1.165, 1.54) is 0 Å². The highest BCUT2D eigenvalue weighted by atomic mass is 16.5. The molecule has 0 amide bonds. The Kier molecular flexibility index (Phi) is 5.69. The lowest BCUT2D eigenvalue weighted by Gasteiger charge is -2.16. The lowest BCUT2D eigenvalue weighted by atomic mass is 10.0. The van der Waals surface area contributed by atoms with E-state index in [1.54, 1.807) is 0 Å². The minimum absolute atomic E-state index is 0.0127. The standard InChI is InChI=1S/C13H23N5O/c1-5-9-10(6-2)16-17-13(11(9)12(14)15)19-8-7-18(3)4/h5-8H2,1-4H3,(H3,14,15). The maximum Gasteiger partial charge on any atom is 0.244 e. The van der Waals surface area contributed by atoms with E-state index in [-0.39, 0.29) is 5.84 Å². The van der Waals surface area contributed by atoms with Crippen LogP contribution in [0.3, 0.4) is 0 Å². The molecule has 0 aromatic carbocycles. The molecule has 0 atom stereocenters. The normalized spacial score (nSPS) is 10.8. The van der Waals surface area contributed by atoms with Gasteiger partial charge in [-0.05, 0) is 32.5 Å². The number of likely N-dealkylation sites (N-methyl/N-ethyl adjacent to an activating group) is 1. The molecule has 0 spiro atoms. The van der Waals surface area contributed by atoms with Crippen LogP contribution in [0.2, 0.25) is 0 Å². The monoisotopic (exact) mass is 265 g/mol. The molecule has 0 aliphatic heterocycles. The van der Waals surface area contributed by atoms with Crippen molar-refractivity contribution in [3.05, 3.63) is 16.8 Å². The van der Waals surface area contributed by atoms with Gasteiger partial charge in [-0.15, -0.1) is 5.10 Å². The average molecular weight is 265 g/mol. The Bertz CT molecular complexity index is 445. The molecule has 6 heteroatoms. The van der Waals surface area contributed by atoms with Crippen LogP contribution in [0.15, 0.2) is 0 Å². The molecule has 1 rings (SSSR count). The van der Waals surface area contributed by atoms with E-state index in [0.29, 0.717) is 18.1 Å². The van der Waals surface area contributed by atoms with Crippen molar-refractivity contribution >= 4 is 5.84 Å². The molecule has 3 N–H and O–H groups in total. The Hall–Kier alpha value is -1.69. The van der Waals surface area contributed by atoms with Crippen LogP contribution in [0.4, 0.5) is 0 Å². The molecular weight excluding hydrogens is 242 g/mol. The van der Waals surface area contributed by atoms with Gasteiger partial charge in [-0.1, -0.05) is 13.8 Å². The molecule has 0 aliphatic rings. The number of nitrogens with zero attached hydrogens (tertiary/aromatic N) is 3. The lowest BCUT2D eigenvalue weighted by molar-refractivity contribution is 0.251. The summed E-state index contributed by atoms with van der Waals surface area (Å²) in [6.07, 6.45) is 1.53. The van der Waals surface area contributed by atoms with Gasteiger partial charge in [-0.25, -0.2) is 0 Å². The second-order valence-electron chi connectivity index (χ2n) is 4.58. The third kappa shape index (κ3) is 3.89. The Labute approximate surface area is 114 Å². The van der Waals surface area contributed by atoms with Crippen LogP contribution in [0.5, 0.6) is 5.88 Å². The van der Waals surface area contributed by atoms with Gasteiger partial charge in [0.25, 0.3) is 0 Å². The van der Waals surface area contributed by atoms with Gasteiger partial charge >= 0.3 is 0 Å². The van der Waals surface area contributed by atoms with Crippen molar-refractivity contribution in [2.75, 3.05) is 27.2 Å². The second-order valence-corrected chi connectivity index (χ2v) is 4.58. The summed E-state index contributed by atoms with van der Waals surface area (Å²) in [6.45, 7) is 5.30. The molecule has 6 nitrogen and oxygen atoms in total. The van der Waals surface area contributed by atoms with Crippen molar-refractivity contribution in [1.29, 1.82) is 5.41 Å². The van der Waals surface area contributed by atoms with Gasteiger partial charge in [0.15, 0.2) is 0 Å². The van der Waals surface area contributed by atoms with Crippen molar-refractivity contribution in [2.45, 2.75) is 26.7 Å². The number of aromatic nitrogens is 2. The summed E-state index contributed by atoms with van der Waals surface area (Å²) in [5.74, 6) is 0.352. The molecular formula is C13H23N5O. The summed E-state index contributed by atoms with van der Waals surface area (Å²) in [5, 5.41) is 16.0. The summed E-state index contributed by atoms with van der Waals surface area (Å²) < 4.78 is 5.62. The van der Waals surface area contributed by atoms with Crippen molar-refractivity contribution in [1.82, 2.24) is 15.1 Å². The number of nitrogen functional groups attached to an aromatic ring is 1. The molecule has 1 aromatic heterocycles. The molecule has 0 fully saturated rings. The fraction of sp³-hybridized carbons (Fsp3) is 0.615. The van der Waals surface area contributed by atoms with Gasteiger partial charge in [0.2, 0.25) is 5.88 Å². The zero-order valence-electron chi connectivity index (χ0n) is 12.2. The lowest BCUT2D eigenvalue weighted by Crippen LogP contribution is -2.23. The maximum absolute atomic E-state index is 7.73. The number of aryl methyl sites for hydroxylation is 1. The first-order chi connectivity index (χ1) is 9.01. The summed E-state index contributed by atoms with van der Waals surface area (Å²) in [4.78, 5) is 2.02. The molecule has 106 valence electrons. The highest BCUT2D eigenvalue weighted by molar-refractivity contribution is 5.98. The molecule has 19 heavy (non-hydrogen) atoms. The van der Waals surface area contributed by atoms with E-state index in [2.05, 4.69) is 10.2 Å². The van der Waals surface area contributed by atoms with Crippen molar-refractivity contribution in [3.63, 3.8) is 0 Å². The number of nitrogens with one attached hydrogen (secondary N) is 1. The zero-order chi connectivity index (χ0) is 14.4. The van der Waals surface area contributed by atoms with Gasteiger partial charge in [-0.3, -0.25) is 5.41 Å². The molecule has 0 bridgehead atoms. The van der Waals surface area contributed by atoms with Crippen LogP contribution in [0.1, 0.15) is 30.7 Å². The summed E-state index contributed by atoms with van der Waals surface area (Å²) in [5.41, 5.74) is 8.11. The molecule has 0 saturated heterocycles. The van der Waals surface area contributed by atoms with Crippen LogP contribution in [-0.2, 0) is 12.8 Å². The average Bonchev–Trinajstić information content (AvgIpc) is 2.37. The predicted molar refractivity (Wildman–Crippen MR) is 75.9 cm³/mol. The summed E-state index contributed by atoms with van der Waals surface area (Å²) >= 11 is 0. The number of hydrogen-bond donors (Lipinski definition) is 2. The van der Waals surface area contributed by atoms with E-state index >= 15 is 0 Å². The molecule has 0 radical (unpaired) electrons. The SMILES string of the molecule is CCc1nnc(OCCN(C)C)c(C(=N)N)c1CC. The van der Waals surface area contributed by atoms with Gasteiger partial charge in [-0.2, -0.15) is 5.10 Å². The van der Waals surface area contributed by atoms with Crippen molar-refractivity contribution < 1.29 is 4.74 Å². The van der Waals surface area contributed by atoms with Crippen LogP contribution in [0, 0.1) is 5.41 Å². The van der Waals surface area contributed by atoms with Crippen LogP contribution >= 0.6 is 0 Å². The summed E-state index contributed by atoms with van der Waals surface area (Å²) in [7, 11) is 3.94. The van der Waals surface area contributed by atoms with Gasteiger partial charge < -0.3 is 15.4 Å². The topological polar surface area (TPSA) is 88.1 Å². The first kappa shape index (κ1) is 15.4. The second kappa shape index (κ2) is 7.04. The number of rotatable bonds is 7. The van der Waals surface area contributed by atoms with E-state index in [4.69, 9.17) is 15.9 Å². The fourth-order valence-electron chi connectivity index (χ4n) is 1.86. The van der Waals surface area contributed by atoms with Crippen molar-refractivity contribution in [2.24, 2.45) is 5.73 Å². The molecule has 0 unspecified atom stereocenters. The van der Waals surface area contributed by atoms with E-state index < -0.39 is 0 Å². The zero-order valence-corrected chi connectivity index (χ0v) is 12.2. The highest BCUT2D eigenvalue weighted by Gasteiger charge is 2.17. The number of hydrogen-bond acceptors (Lipinski definition) is 5. The Morgan fingerprint density at radius 1 is 1.26 bits per heavy atom. The van der Waals surface area contributed by atoms with Crippen LogP contribution < -0.4 is 10.5 Å². The highest BCUT2D eigenvalue weighted by Crippen LogP contribution is 2.22. The quantitative estimate of drug-likeness (QED) is 0.563. The molecule has 1 heterocycles. The number of ether oxygens (including phenoxy) is 1. The van der Waals surface area contributed by atoms with Crippen LogP contribution in [-0.4, -0.2) is 48.2 Å².